The van der Waals surface area contributed by atoms with Crippen molar-refractivity contribution < 1.29 is 14.3 Å². The van der Waals surface area contributed by atoms with E-state index in [2.05, 4.69) is 15.0 Å². The predicted molar refractivity (Wildman–Crippen MR) is 76.3 cm³/mol. The summed E-state index contributed by atoms with van der Waals surface area (Å²) in [5.74, 6) is -0.354. The fourth-order valence-electron chi connectivity index (χ4n) is 1.84. The van der Waals surface area contributed by atoms with Gasteiger partial charge in [-0.3, -0.25) is 4.79 Å². The van der Waals surface area contributed by atoms with E-state index < -0.39 is 5.97 Å². The lowest BCUT2D eigenvalue weighted by Gasteiger charge is -2.03. The molecule has 0 aliphatic heterocycles. The van der Waals surface area contributed by atoms with Crippen molar-refractivity contribution in [2.45, 2.75) is 6.92 Å². The number of anilines is 2. The maximum absolute atomic E-state index is 11.5. The molecule has 0 bridgehead atoms. The number of amides is 1. The minimum atomic E-state index is -0.486. The Balaban J connectivity index is 2.28. The Morgan fingerprint density at radius 2 is 1.90 bits per heavy atom. The molecule has 104 valence electrons. The minimum Gasteiger partial charge on any atom is -0.465 e. The molecule has 2 rings (SSSR count). The van der Waals surface area contributed by atoms with Crippen molar-refractivity contribution in [3.05, 3.63) is 35.9 Å². The lowest BCUT2D eigenvalue weighted by molar-refractivity contribution is -0.114. The molecule has 6 nitrogen and oxygen atoms in total. The number of nitrogen functional groups attached to an aromatic ring is 1. The number of aromatic nitrogens is 1. The van der Waals surface area contributed by atoms with Crippen LogP contribution in [0.25, 0.3) is 11.3 Å². The van der Waals surface area contributed by atoms with E-state index in [1.807, 2.05) is 12.1 Å². The topological polar surface area (TPSA) is 97.2 Å². The molecule has 0 fully saturated rings. The first-order chi connectivity index (χ1) is 9.51. The van der Waals surface area contributed by atoms with Crippen LogP contribution in [0.1, 0.15) is 17.3 Å². The quantitative estimate of drug-likeness (QED) is 0.745. The molecule has 0 spiro atoms. The van der Waals surface area contributed by atoms with Gasteiger partial charge in [0.05, 0.1) is 7.11 Å². The standard InChI is InChI=1S/C14H15N3O3/c1-8(18)16-10-5-3-9(4-6-10)12-7-11(13(15)17-12)14(19)20-2/h3-7,17H,15H2,1-2H3,(H,16,18). The second kappa shape index (κ2) is 5.48. The number of nitrogens with two attached hydrogens (primary N) is 1. The Labute approximate surface area is 115 Å². The zero-order chi connectivity index (χ0) is 14.7. The summed E-state index contributed by atoms with van der Waals surface area (Å²) in [6.45, 7) is 1.45. The highest BCUT2D eigenvalue weighted by atomic mass is 16.5. The second-order valence-electron chi connectivity index (χ2n) is 4.26. The number of aromatic amines is 1. The first-order valence-corrected chi connectivity index (χ1v) is 5.96. The van der Waals surface area contributed by atoms with Crippen molar-refractivity contribution >= 4 is 23.4 Å². The van der Waals surface area contributed by atoms with Crippen molar-refractivity contribution in [1.29, 1.82) is 0 Å². The zero-order valence-electron chi connectivity index (χ0n) is 11.2. The third kappa shape index (κ3) is 2.80. The van der Waals surface area contributed by atoms with E-state index >= 15 is 0 Å². The van der Waals surface area contributed by atoms with Crippen molar-refractivity contribution in [1.82, 2.24) is 4.98 Å². The van der Waals surface area contributed by atoms with Gasteiger partial charge in [-0.15, -0.1) is 0 Å². The maximum atomic E-state index is 11.5. The van der Waals surface area contributed by atoms with Gasteiger partial charge in [0.2, 0.25) is 5.91 Å². The number of rotatable bonds is 3. The molecule has 1 aromatic carbocycles. The van der Waals surface area contributed by atoms with Crippen LogP contribution in [0.4, 0.5) is 11.5 Å². The molecule has 0 saturated heterocycles. The van der Waals surface area contributed by atoms with E-state index in [1.54, 1.807) is 18.2 Å². The van der Waals surface area contributed by atoms with E-state index in [-0.39, 0.29) is 11.7 Å². The molecule has 4 N–H and O–H groups in total. The zero-order valence-corrected chi connectivity index (χ0v) is 11.2. The summed E-state index contributed by atoms with van der Waals surface area (Å²) in [5, 5.41) is 2.68. The van der Waals surface area contributed by atoms with Gasteiger partial charge in [-0.2, -0.15) is 0 Å². The molecule has 1 heterocycles. The fourth-order valence-corrected chi connectivity index (χ4v) is 1.84. The first-order valence-electron chi connectivity index (χ1n) is 5.96. The fraction of sp³-hybridized carbons (Fsp3) is 0.143. The Morgan fingerprint density at radius 3 is 2.45 bits per heavy atom. The Hall–Kier alpha value is -2.76. The van der Waals surface area contributed by atoms with Gasteiger partial charge in [-0.1, -0.05) is 12.1 Å². The van der Waals surface area contributed by atoms with Crippen LogP contribution in [-0.2, 0) is 9.53 Å². The summed E-state index contributed by atoms with van der Waals surface area (Å²) < 4.78 is 4.64. The van der Waals surface area contributed by atoms with Gasteiger partial charge in [-0.05, 0) is 23.8 Å². The normalized spacial score (nSPS) is 10.1. The van der Waals surface area contributed by atoms with E-state index in [4.69, 9.17) is 5.73 Å². The van der Waals surface area contributed by atoms with E-state index in [1.165, 1.54) is 14.0 Å². The Kier molecular flexibility index (Phi) is 3.74. The molecule has 1 amide bonds. The number of hydrogen-bond donors (Lipinski definition) is 3. The Morgan fingerprint density at radius 1 is 1.25 bits per heavy atom. The monoisotopic (exact) mass is 273 g/mol. The highest BCUT2D eigenvalue weighted by Gasteiger charge is 2.14. The summed E-state index contributed by atoms with van der Waals surface area (Å²) in [6, 6.07) is 8.81. The van der Waals surface area contributed by atoms with Crippen molar-refractivity contribution in [3.63, 3.8) is 0 Å². The van der Waals surface area contributed by atoms with E-state index in [0.717, 1.165) is 5.56 Å². The third-order valence-corrected chi connectivity index (χ3v) is 2.77. The Bertz CT molecular complexity index is 644. The van der Waals surface area contributed by atoms with E-state index in [0.29, 0.717) is 16.9 Å². The van der Waals surface area contributed by atoms with Gasteiger partial charge in [0.25, 0.3) is 0 Å². The summed E-state index contributed by atoms with van der Waals surface area (Å²) in [4.78, 5) is 25.3. The summed E-state index contributed by atoms with van der Waals surface area (Å²) in [5.41, 5.74) is 8.29. The number of benzene rings is 1. The van der Waals surface area contributed by atoms with Crippen LogP contribution in [-0.4, -0.2) is 24.0 Å². The largest absolute Gasteiger partial charge is 0.465 e. The van der Waals surface area contributed by atoms with Crippen molar-refractivity contribution in [2.24, 2.45) is 0 Å². The van der Waals surface area contributed by atoms with Crippen LogP contribution < -0.4 is 11.1 Å². The summed E-state index contributed by atoms with van der Waals surface area (Å²) >= 11 is 0. The van der Waals surface area contributed by atoms with Gasteiger partial charge in [0.1, 0.15) is 11.4 Å². The minimum absolute atomic E-state index is 0.130. The molecule has 0 saturated carbocycles. The average Bonchev–Trinajstić information content (AvgIpc) is 2.80. The molecular weight excluding hydrogens is 258 g/mol. The van der Waals surface area contributed by atoms with Crippen LogP contribution >= 0.6 is 0 Å². The van der Waals surface area contributed by atoms with Gasteiger partial charge in [0, 0.05) is 18.3 Å². The van der Waals surface area contributed by atoms with Crippen LogP contribution in [0.2, 0.25) is 0 Å². The highest BCUT2D eigenvalue weighted by Crippen LogP contribution is 2.25. The van der Waals surface area contributed by atoms with Crippen LogP contribution in [0.5, 0.6) is 0 Å². The average molecular weight is 273 g/mol. The summed E-state index contributed by atoms with van der Waals surface area (Å²) in [7, 11) is 1.30. The molecule has 0 atom stereocenters. The predicted octanol–water partition coefficient (Wildman–Crippen LogP) is 2.01. The van der Waals surface area contributed by atoms with E-state index in [9.17, 15) is 9.59 Å². The van der Waals surface area contributed by atoms with Crippen molar-refractivity contribution in [3.8, 4) is 11.3 Å². The first kappa shape index (κ1) is 13.7. The SMILES string of the molecule is COC(=O)c1cc(-c2ccc(NC(C)=O)cc2)[nH]c1N. The number of carbonyl (C=O) groups is 2. The van der Waals surface area contributed by atoms with Gasteiger partial charge in [-0.25, -0.2) is 4.79 Å². The molecule has 20 heavy (non-hydrogen) atoms. The number of methoxy groups -OCH3 is 1. The van der Waals surface area contributed by atoms with Gasteiger partial charge < -0.3 is 20.8 Å². The number of carbonyl (C=O) groups excluding carboxylic acids is 2. The van der Waals surface area contributed by atoms with Crippen LogP contribution in [0.15, 0.2) is 30.3 Å². The van der Waals surface area contributed by atoms with Crippen LogP contribution in [0, 0.1) is 0 Å². The van der Waals surface area contributed by atoms with Crippen molar-refractivity contribution in [2.75, 3.05) is 18.2 Å². The lowest BCUT2D eigenvalue weighted by atomic mass is 10.1. The maximum Gasteiger partial charge on any atom is 0.341 e. The number of esters is 1. The number of hydrogen-bond acceptors (Lipinski definition) is 4. The molecule has 0 aliphatic carbocycles. The molecule has 6 heteroatoms. The molecule has 0 aliphatic rings. The second-order valence-corrected chi connectivity index (χ2v) is 4.26. The third-order valence-electron chi connectivity index (χ3n) is 2.77. The molecule has 0 radical (unpaired) electrons. The number of ether oxygens (including phenoxy) is 1. The number of H-pyrrole nitrogens is 1. The van der Waals surface area contributed by atoms with Gasteiger partial charge >= 0.3 is 5.97 Å². The molecule has 1 aromatic heterocycles. The van der Waals surface area contributed by atoms with Gasteiger partial charge in [0.15, 0.2) is 0 Å². The molecule has 0 unspecified atom stereocenters. The smallest absolute Gasteiger partial charge is 0.341 e. The molecule has 2 aromatic rings. The number of nitrogens with one attached hydrogen (secondary N) is 2. The molecular formula is C14H15N3O3. The lowest BCUT2D eigenvalue weighted by Crippen LogP contribution is -2.05. The van der Waals surface area contributed by atoms with Crippen LogP contribution in [0.3, 0.4) is 0 Å². The summed E-state index contributed by atoms with van der Waals surface area (Å²) in [6.07, 6.45) is 0. The highest BCUT2D eigenvalue weighted by molar-refractivity contribution is 5.96.